The Hall–Kier alpha value is -2.07. The van der Waals surface area contributed by atoms with Gasteiger partial charge in [-0.25, -0.2) is 0 Å². The van der Waals surface area contributed by atoms with Gasteiger partial charge in [0.25, 0.3) is 0 Å². The molecule has 0 spiro atoms. The van der Waals surface area contributed by atoms with Crippen molar-refractivity contribution in [2.75, 3.05) is 12.4 Å². The summed E-state index contributed by atoms with van der Waals surface area (Å²) in [6.45, 7) is 4.29. The van der Waals surface area contributed by atoms with E-state index in [-0.39, 0.29) is 6.04 Å². The van der Waals surface area contributed by atoms with Crippen LogP contribution in [0.5, 0.6) is 5.75 Å². The highest BCUT2D eigenvalue weighted by atomic mass is 32.1. The SMILES string of the molecule is CCc1ccc(NC(=S)N[C@@H](CC)c2ccc(OC)cc2)cc1. The summed E-state index contributed by atoms with van der Waals surface area (Å²) >= 11 is 5.44. The van der Waals surface area contributed by atoms with Gasteiger partial charge in [-0.1, -0.05) is 38.1 Å². The summed E-state index contributed by atoms with van der Waals surface area (Å²) in [6.07, 6.45) is 1.99. The Kier molecular flexibility index (Phi) is 6.41. The second-order valence-electron chi connectivity index (χ2n) is 5.38. The first kappa shape index (κ1) is 17.3. The van der Waals surface area contributed by atoms with Crippen molar-refractivity contribution in [3.63, 3.8) is 0 Å². The molecule has 2 aromatic rings. The number of hydrogen-bond acceptors (Lipinski definition) is 2. The molecule has 3 nitrogen and oxygen atoms in total. The van der Waals surface area contributed by atoms with Gasteiger partial charge in [-0.15, -0.1) is 0 Å². The van der Waals surface area contributed by atoms with E-state index in [4.69, 9.17) is 17.0 Å². The maximum Gasteiger partial charge on any atom is 0.171 e. The molecule has 2 aromatic carbocycles. The highest BCUT2D eigenvalue weighted by Crippen LogP contribution is 2.20. The van der Waals surface area contributed by atoms with E-state index in [1.54, 1.807) is 7.11 Å². The van der Waals surface area contributed by atoms with Gasteiger partial charge in [-0.2, -0.15) is 0 Å². The number of nitrogens with one attached hydrogen (secondary N) is 2. The highest BCUT2D eigenvalue weighted by molar-refractivity contribution is 7.80. The van der Waals surface area contributed by atoms with E-state index in [2.05, 4.69) is 60.9 Å². The van der Waals surface area contributed by atoms with Gasteiger partial charge >= 0.3 is 0 Å². The molecule has 122 valence electrons. The summed E-state index contributed by atoms with van der Waals surface area (Å²) < 4.78 is 5.20. The van der Waals surface area contributed by atoms with Crippen molar-refractivity contribution < 1.29 is 4.74 Å². The van der Waals surface area contributed by atoms with Crippen molar-refractivity contribution in [1.82, 2.24) is 5.32 Å². The first-order chi connectivity index (χ1) is 11.2. The van der Waals surface area contributed by atoms with Crippen molar-refractivity contribution in [2.24, 2.45) is 0 Å². The van der Waals surface area contributed by atoms with Gasteiger partial charge in [0.2, 0.25) is 0 Å². The zero-order valence-corrected chi connectivity index (χ0v) is 14.7. The van der Waals surface area contributed by atoms with E-state index >= 15 is 0 Å². The lowest BCUT2D eigenvalue weighted by Crippen LogP contribution is -2.32. The molecule has 0 unspecified atom stereocenters. The second-order valence-corrected chi connectivity index (χ2v) is 5.79. The predicted octanol–water partition coefficient (Wildman–Crippen LogP) is 4.70. The summed E-state index contributed by atoms with van der Waals surface area (Å²) in [6, 6.07) is 16.6. The van der Waals surface area contributed by atoms with Crippen molar-refractivity contribution in [3.8, 4) is 5.75 Å². The monoisotopic (exact) mass is 328 g/mol. The van der Waals surface area contributed by atoms with E-state index in [9.17, 15) is 0 Å². The topological polar surface area (TPSA) is 33.3 Å². The number of thiocarbonyl (C=S) groups is 1. The molecule has 0 amide bonds. The number of ether oxygens (including phenoxy) is 1. The van der Waals surface area contributed by atoms with Crippen LogP contribution in [0.2, 0.25) is 0 Å². The molecular formula is C19H24N2OS. The summed E-state index contributed by atoms with van der Waals surface area (Å²) in [4.78, 5) is 0. The van der Waals surface area contributed by atoms with Crippen LogP contribution in [-0.4, -0.2) is 12.2 Å². The molecule has 0 aliphatic heterocycles. The van der Waals surface area contributed by atoms with Crippen LogP contribution in [-0.2, 0) is 6.42 Å². The molecule has 0 heterocycles. The number of anilines is 1. The minimum absolute atomic E-state index is 0.177. The van der Waals surface area contributed by atoms with Crippen LogP contribution in [0, 0.1) is 0 Å². The van der Waals surface area contributed by atoms with Crippen LogP contribution in [0.15, 0.2) is 48.5 Å². The molecule has 0 fully saturated rings. The van der Waals surface area contributed by atoms with Crippen molar-refractivity contribution in [2.45, 2.75) is 32.7 Å². The minimum atomic E-state index is 0.177. The van der Waals surface area contributed by atoms with Crippen LogP contribution in [0.3, 0.4) is 0 Å². The van der Waals surface area contributed by atoms with Crippen LogP contribution in [0.25, 0.3) is 0 Å². The van der Waals surface area contributed by atoms with Crippen molar-refractivity contribution in [1.29, 1.82) is 0 Å². The molecular weight excluding hydrogens is 304 g/mol. The summed E-state index contributed by atoms with van der Waals surface area (Å²) in [5.74, 6) is 0.861. The quantitative estimate of drug-likeness (QED) is 0.753. The molecule has 4 heteroatoms. The molecule has 1 atom stereocenters. The molecule has 0 saturated carbocycles. The third-order valence-corrected chi connectivity index (χ3v) is 4.07. The molecule has 0 aromatic heterocycles. The fourth-order valence-electron chi connectivity index (χ4n) is 2.41. The third-order valence-electron chi connectivity index (χ3n) is 3.85. The lowest BCUT2D eigenvalue weighted by atomic mass is 10.0. The Bertz CT molecular complexity index is 623. The zero-order valence-electron chi connectivity index (χ0n) is 13.9. The Morgan fingerprint density at radius 2 is 1.70 bits per heavy atom. The van der Waals surface area contributed by atoms with E-state index in [1.165, 1.54) is 11.1 Å². The van der Waals surface area contributed by atoms with Gasteiger partial charge in [0.15, 0.2) is 5.11 Å². The van der Waals surface area contributed by atoms with Crippen LogP contribution >= 0.6 is 12.2 Å². The van der Waals surface area contributed by atoms with E-state index in [1.807, 2.05) is 12.1 Å². The number of hydrogen-bond donors (Lipinski definition) is 2. The lowest BCUT2D eigenvalue weighted by molar-refractivity contribution is 0.414. The Morgan fingerprint density at radius 1 is 1.04 bits per heavy atom. The van der Waals surface area contributed by atoms with Crippen LogP contribution in [0.1, 0.15) is 37.4 Å². The van der Waals surface area contributed by atoms with Crippen molar-refractivity contribution in [3.05, 3.63) is 59.7 Å². The molecule has 0 aliphatic rings. The third kappa shape index (κ3) is 4.96. The second kappa shape index (κ2) is 8.53. The fourth-order valence-corrected chi connectivity index (χ4v) is 2.67. The van der Waals surface area contributed by atoms with Gasteiger partial charge in [-0.05, 0) is 60.5 Å². The number of benzene rings is 2. The Morgan fingerprint density at radius 3 is 2.22 bits per heavy atom. The molecule has 2 N–H and O–H groups in total. The normalized spacial score (nSPS) is 11.6. The summed E-state index contributed by atoms with van der Waals surface area (Å²) in [5, 5.41) is 7.26. The van der Waals surface area contributed by atoms with E-state index < -0.39 is 0 Å². The maximum absolute atomic E-state index is 5.44. The summed E-state index contributed by atoms with van der Waals surface area (Å²) in [7, 11) is 1.67. The lowest BCUT2D eigenvalue weighted by Gasteiger charge is -2.20. The van der Waals surface area contributed by atoms with Gasteiger partial charge in [-0.3, -0.25) is 0 Å². The first-order valence-electron chi connectivity index (χ1n) is 7.96. The number of rotatable bonds is 6. The van der Waals surface area contributed by atoms with Gasteiger partial charge < -0.3 is 15.4 Å². The number of aryl methyl sites for hydroxylation is 1. The maximum atomic E-state index is 5.44. The molecule has 0 bridgehead atoms. The van der Waals surface area contributed by atoms with Crippen LogP contribution < -0.4 is 15.4 Å². The fraction of sp³-hybridized carbons (Fsp3) is 0.316. The van der Waals surface area contributed by atoms with E-state index in [0.717, 1.165) is 24.3 Å². The average Bonchev–Trinajstić information content (AvgIpc) is 2.60. The van der Waals surface area contributed by atoms with Gasteiger partial charge in [0, 0.05) is 5.69 Å². The van der Waals surface area contributed by atoms with E-state index in [0.29, 0.717) is 5.11 Å². The molecule has 2 rings (SSSR count). The Labute approximate surface area is 144 Å². The minimum Gasteiger partial charge on any atom is -0.497 e. The molecule has 23 heavy (non-hydrogen) atoms. The average molecular weight is 328 g/mol. The Balaban J connectivity index is 1.97. The molecule has 0 aliphatic carbocycles. The zero-order chi connectivity index (χ0) is 16.7. The standard InChI is InChI=1S/C19H24N2OS/c1-4-14-6-10-16(11-7-14)20-19(23)21-18(5-2)15-8-12-17(22-3)13-9-15/h6-13,18H,4-5H2,1-3H3,(H2,20,21,23)/t18-/m0/s1. The smallest absolute Gasteiger partial charge is 0.171 e. The first-order valence-corrected chi connectivity index (χ1v) is 8.37. The van der Waals surface area contributed by atoms with Gasteiger partial charge in [0.1, 0.15) is 5.75 Å². The van der Waals surface area contributed by atoms with Gasteiger partial charge in [0.05, 0.1) is 13.2 Å². The highest BCUT2D eigenvalue weighted by Gasteiger charge is 2.10. The molecule has 0 radical (unpaired) electrons. The summed E-state index contributed by atoms with van der Waals surface area (Å²) in [5.41, 5.74) is 3.52. The number of methoxy groups -OCH3 is 1. The largest absolute Gasteiger partial charge is 0.497 e. The molecule has 0 saturated heterocycles. The predicted molar refractivity (Wildman–Crippen MR) is 101 cm³/mol. The van der Waals surface area contributed by atoms with Crippen LogP contribution in [0.4, 0.5) is 5.69 Å². The van der Waals surface area contributed by atoms with Crippen molar-refractivity contribution >= 4 is 23.0 Å².